The largest absolute Gasteiger partial charge is 0.457 e. The summed E-state index contributed by atoms with van der Waals surface area (Å²) in [6.07, 6.45) is 7.55. The van der Waals surface area contributed by atoms with Gasteiger partial charge in [-0.1, -0.05) is 60.7 Å². The van der Waals surface area contributed by atoms with E-state index in [9.17, 15) is 0 Å². The van der Waals surface area contributed by atoms with Crippen LogP contribution < -0.4 is 4.74 Å². The molecular weight excluding hydrogens is 691 g/mol. The molecule has 1 atom stereocenters. The molecule has 1 aliphatic heterocycles. The Hall–Kier alpha value is -8.07. The Morgan fingerprint density at radius 2 is 1.21 bits per heavy atom. The Labute approximate surface area is 319 Å². The molecule has 0 amide bonds. The van der Waals surface area contributed by atoms with E-state index in [1.54, 1.807) is 0 Å². The number of hydrogen-bond acceptors (Lipinski definition) is 4. The van der Waals surface area contributed by atoms with Crippen LogP contribution in [-0.4, -0.2) is 24.1 Å². The van der Waals surface area contributed by atoms with Gasteiger partial charge in [0.1, 0.15) is 11.5 Å². The Kier molecular flexibility index (Phi) is 5.96. The van der Waals surface area contributed by atoms with Crippen molar-refractivity contribution in [3.63, 3.8) is 0 Å². The third-order valence-electron chi connectivity index (χ3n) is 11.6. The van der Waals surface area contributed by atoms with Gasteiger partial charge in [-0.05, 0) is 83.1 Å². The van der Waals surface area contributed by atoms with Crippen LogP contribution in [0.4, 0.5) is 11.4 Å². The summed E-state index contributed by atoms with van der Waals surface area (Å²) in [5.41, 5.74) is 11.5. The minimum atomic E-state index is -0.907. The van der Waals surface area contributed by atoms with Crippen LogP contribution in [0.25, 0.3) is 76.1 Å². The van der Waals surface area contributed by atoms with Crippen molar-refractivity contribution >= 4 is 55.0 Å². The molecule has 6 heterocycles. The standard InChI is InChI=1S/C48H25N7O/c1-49-28-16-18-39-33(23-28)34-24-29(50-2)17-19-40(34)55(39)41-13-7-15-44-45(41)48(35-10-4-6-14-43(35)56-44)36-11-8-21-52-46(36)47-37(48)25-30(26-53-47)54-38-12-5-3-9-31(38)32-20-22-51-27-42(32)54/h3-27H. The number of para-hydroxylation sites is 2. The molecular formula is C48H25N7O. The zero-order valence-corrected chi connectivity index (χ0v) is 29.5. The Morgan fingerprint density at radius 1 is 0.518 bits per heavy atom. The van der Waals surface area contributed by atoms with Gasteiger partial charge in [-0.15, -0.1) is 0 Å². The molecule has 0 radical (unpaired) electrons. The molecule has 8 nitrogen and oxygen atoms in total. The van der Waals surface area contributed by atoms with Crippen molar-refractivity contribution in [1.29, 1.82) is 0 Å². The molecule has 10 aromatic rings. The van der Waals surface area contributed by atoms with Gasteiger partial charge in [0.2, 0.25) is 0 Å². The van der Waals surface area contributed by atoms with E-state index in [-0.39, 0.29) is 0 Å². The maximum absolute atomic E-state index is 7.81. The molecule has 1 unspecified atom stereocenters. The maximum atomic E-state index is 7.81. The molecule has 5 aromatic heterocycles. The summed E-state index contributed by atoms with van der Waals surface area (Å²) >= 11 is 0. The molecule has 0 N–H and O–H groups in total. The third kappa shape index (κ3) is 3.76. The highest BCUT2D eigenvalue weighted by molar-refractivity contribution is 6.12. The molecule has 0 saturated heterocycles. The van der Waals surface area contributed by atoms with Crippen molar-refractivity contribution in [2.75, 3.05) is 0 Å². The average Bonchev–Trinajstić information content (AvgIpc) is 3.87. The molecule has 5 aromatic carbocycles. The second kappa shape index (κ2) is 11.0. The van der Waals surface area contributed by atoms with Crippen LogP contribution in [-0.2, 0) is 5.41 Å². The molecule has 1 spiro atoms. The first-order chi connectivity index (χ1) is 27.7. The lowest BCUT2D eigenvalue weighted by molar-refractivity contribution is 0.435. The van der Waals surface area contributed by atoms with E-state index in [1.165, 1.54) is 0 Å². The average molecular weight is 716 g/mol. The number of fused-ring (bicyclic) bond motifs is 15. The monoisotopic (exact) mass is 715 g/mol. The molecule has 8 heteroatoms. The Balaban J connectivity index is 1.24. The zero-order chi connectivity index (χ0) is 37.1. The van der Waals surface area contributed by atoms with Gasteiger partial charge in [-0.25, -0.2) is 9.69 Å². The first kappa shape index (κ1) is 30.4. The highest BCUT2D eigenvalue weighted by Gasteiger charge is 2.54. The summed E-state index contributed by atoms with van der Waals surface area (Å²) in [5, 5.41) is 4.07. The third-order valence-corrected chi connectivity index (χ3v) is 11.6. The van der Waals surface area contributed by atoms with Gasteiger partial charge in [0.25, 0.3) is 0 Å². The summed E-state index contributed by atoms with van der Waals surface area (Å²) in [6, 6.07) is 43.1. The van der Waals surface area contributed by atoms with Crippen LogP contribution in [0.1, 0.15) is 22.3 Å². The fourth-order valence-electron chi connectivity index (χ4n) is 9.43. The van der Waals surface area contributed by atoms with E-state index in [0.717, 1.165) is 100 Å². The van der Waals surface area contributed by atoms with Crippen LogP contribution in [0.5, 0.6) is 11.5 Å². The highest BCUT2D eigenvalue weighted by atomic mass is 16.5. The SMILES string of the molecule is [C-]#[N+]c1ccc2c(c1)c1cc([N+]#[C-])ccc1n2-c1cccc2c1C1(c3ccccc3O2)c2cccnc2-c2ncc(-n3c4ccccc4c4ccncc43)cc21. The number of aromatic nitrogens is 5. The maximum Gasteiger partial charge on any atom is 0.188 e. The van der Waals surface area contributed by atoms with Crippen molar-refractivity contribution in [3.8, 4) is 34.3 Å². The predicted molar refractivity (Wildman–Crippen MR) is 218 cm³/mol. The van der Waals surface area contributed by atoms with E-state index in [1.807, 2.05) is 91.5 Å². The second-order valence-electron chi connectivity index (χ2n) is 14.2. The number of benzene rings is 5. The van der Waals surface area contributed by atoms with Gasteiger partial charge in [0.15, 0.2) is 11.4 Å². The summed E-state index contributed by atoms with van der Waals surface area (Å²) < 4.78 is 11.4. The van der Waals surface area contributed by atoms with Crippen LogP contribution >= 0.6 is 0 Å². The van der Waals surface area contributed by atoms with Crippen molar-refractivity contribution in [2.24, 2.45) is 0 Å². The van der Waals surface area contributed by atoms with Crippen LogP contribution in [0.15, 0.2) is 152 Å². The molecule has 2 aliphatic rings. The van der Waals surface area contributed by atoms with Crippen LogP contribution in [0.3, 0.4) is 0 Å². The van der Waals surface area contributed by atoms with Crippen molar-refractivity contribution in [2.45, 2.75) is 5.41 Å². The number of hydrogen-bond donors (Lipinski definition) is 0. The van der Waals surface area contributed by atoms with E-state index >= 15 is 0 Å². The molecule has 1 aliphatic carbocycles. The summed E-state index contributed by atoms with van der Waals surface area (Å²) in [5.74, 6) is 1.48. The molecule has 258 valence electrons. The fraction of sp³-hybridized carbons (Fsp3) is 0.0208. The highest BCUT2D eigenvalue weighted by Crippen LogP contribution is 2.63. The van der Waals surface area contributed by atoms with E-state index in [4.69, 9.17) is 27.8 Å². The van der Waals surface area contributed by atoms with Gasteiger partial charge in [0.05, 0.1) is 75.8 Å². The fourth-order valence-corrected chi connectivity index (χ4v) is 9.43. The van der Waals surface area contributed by atoms with Crippen molar-refractivity contribution in [1.82, 2.24) is 24.1 Å². The van der Waals surface area contributed by atoms with Gasteiger partial charge in [-0.3, -0.25) is 15.0 Å². The van der Waals surface area contributed by atoms with E-state index in [0.29, 0.717) is 11.4 Å². The van der Waals surface area contributed by atoms with Crippen LogP contribution in [0, 0.1) is 13.1 Å². The predicted octanol–water partition coefficient (Wildman–Crippen LogP) is 11.6. The van der Waals surface area contributed by atoms with Crippen molar-refractivity contribution in [3.05, 3.63) is 197 Å². The first-order valence-electron chi connectivity index (χ1n) is 18.2. The topological polar surface area (TPSA) is 66.5 Å². The number of pyridine rings is 3. The molecule has 0 saturated carbocycles. The van der Waals surface area contributed by atoms with Gasteiger partial charge < -0.3 is 13.9 Å². The molecule has 0 bridgehead atoms. The Morgan fingerprint density at radius 3 is 2.04 bits per heavy atom. The molecule has 56 heavy (non-hydrogen) atoms. The quantitative estimate of drug-likeness (QED) is 0.167. The zero-order valence-electron chi connectivity index (χ0n) is 29.5. The second-order valence-corrected chi connectivity index (χ2v) is 14.2. The normalized spacial score (nSPS) is 15.0. The summed E-state index contributed by atoms with van der Waals surface area (Å²) in [4.78, 5) is 22.4. The number of nitrogens with zero attached hydrogens (tertiary/aromatic N) is 7. The van der Waals surface area contributed by atoms with Gasteiger partial charge in [-0.2, -0.15) is 0 Å². The lowest BCUT2D eigenvalue weighted by Gasteiger charge is -2.40. The lowest BCUT2D eigenvalue weighted by Crippen LogP contribution is -2.33. The minimum Gasteiger partial charge on any atom is -0.457 e. The van der Waals surface area contributed by atoms with Gasteiger partial charge >= 0.3 is 0 Å². The van der Waals surface area contributed by atoms with Gasteiger partial charge in [0, 0.05) is 39.9 Å². The summed E-state index contributed by atoms with van der Waals surface area (Å²) in [7, 11) is 0. The summed E-state index contributed by atoms with van der Waals surface area (Å²) in [6.45, 7) is 15.6. The lowest BCUT2D eigenvalue weighted by atomic mass is 9.65. The minimum absolute atomic E-state index is 0.539. The first-order valence-corrected chi connectivity index (χ1v) is 18.2. The number of ether oxygens (including phenoxy) is 1. The molecule has 12 rings (SSSR count). The smallest absolute Gasteiger partial charge is 0.188 e. The van der Waals surface area contributed by atoms with Crippen LogP contribution in [0.2, 0.25) is 0 Å². The van der Waals surface area contributed by atoms with E-state index in [2.05, 4.69) is 84.5 Å². The molecule has 0 fully saturated rings. The van der Waals surface area contributed by atoms with E-state index < -0.39 is 5.41 Å². The Bertz CT molecular complexity index is 3330. The van der Waals surface area contributed by atoms with Crippen molar-refractivity contribution < 1.29 is 4.74 Å². The number of rotatable bonds is 2.